The summed E-state index contributed by atoms with van der Waals surface area (Å²) in [6.45, 7) is 7.99. The molecule has 0 unspecified atom stereocenters. The first-order valence-electron chi connectivity index (χ1n) is 10.7. The number of anilines is 1. The molecule has 33 heavy (non-hydrogen) atoms. The van der Waals surface area contributed by atoms with E-state index in [4.69, 9.17) is 9.47 Å². The fourth-order valence-electron chi connectivity index (χ4n) is 3.62. The Labute approximate surface area is 196 Å². The van der Waals surface area contributed by atoms with Gasteiger partial charge in [-0.05, 0) is 38.8 Å². The number of thiazole rings is 1. The minimum absolute atomic E-state index is 0.0404. The third-order valence-corrected chi connectivity index (χ3v) is 5.86. The second kappa shape index (κ2) is 10.9. The quantitative estimate of drug-likeness (QED) is 0.473. The first kappa shape index (κ1) is 24.2. The van der Waals surface area contributed by atoms with Crippen LogP contribution in [0.4, 0.5) is 5.13 Å². The molecule has 1 aromatic carbocycles. The van der Waals surface area contributed by atoms with Crippen LogP contribution < -0.4 is 5.32 Å². The highest BCUT2D eigenvalue weighted by molar-refractivity contribution is 7.14. The van der Waals surface area contributed by atoms with E-state index in [-0.39, 0.29) is 24.9 Å². The van der Waals surface area contributed by atoms with Crippen molar-refractivity contribution in [3.63, 3.8) is 0 Å². The first-order chi connectivity index (χ1) is 15.8. The van der Waals surface area contributed by atoms with Crippen molar-refractivity contribution in [1.29, 1.82) is 0 Å². The standard InChI is InChI=1S/C24H27N3O5S/c1-5-31-19(28)12-18-14-33-24(25-18)26-22(29)20-15(3)21(23(30)32-6-2)27(16(20)4)13-17-10-8-7-9-11-17/h7-11,14H,5-6,12-13H2,1-4H3,(H,25,26,29). The minimum Gasteiger partial charge on any atom is -0.466 e. The molecular weight excluding hydrogens is 442 g/mol. The maximum Gasteiger partial charge on any atom is 0.355 e. The van der Waals surface area contributed by atoms with Gasteiger partial charge in [-0.1, -0.05) is 30.3 Å². The van der Waals surface area contributed by atoms with Crippen molar-refractivity contribution in [3.05, 3.63) is 69.5 Å². The topological polar surface area (TPSA) is 99.5 Å². The molecule has 3 rings (SSSR count). The molecule has 2 aromatic heterocycles. The molecule has 0 aliphatic rings. The number of aromatic nitrogens is 2. The number of benzene rings is 1. The van der Waals surface area contributed by atoms with Gasteiger partial charge in [0, 0.05) is 17.6 Å². The van der Waals surface area contributed by atoms with Crippen molar-refractivity contribution in [3.8, 4) is 0 Å². The number of amides is 1. The molecule has 0 saturated heterocycles. The van der Waals surface area contributed by atoms with Crippen LogP contribution in [-0.2, 0) is 27.2 Å². The Morgan fingerprint density at radius 2 is 1.76 bits per heavy atom. The van der Waals surface area contributed by atoms with Gasteiger partial charge in [0.2, 0.25) is 0 Å². The van der Waals surface area contributed by atoms with Gasteiger partial charge in [0.05, 0.1) is 30.9 Å². The van der Waals surface area contributed by atoms with E-state index in [0.29, 0.717) is 46.5 Å². The molecule has 0 fully saturated rings. The van der Waals surface area contributed by atoms with Gasteiger partial charge in [-0.15, -0.1) is 11.3 Å². The monoisotopic (exact) mass is 469 g/mol. The Hall–Kier alpha value is -3.46. The Morgan fingerprint density at radius 1 is 1.06 bits per heavy atom. The average Bonchev–Trinajstić information content (AvgIpc) is 3.30. The maximum atomic E-state index is 13.2. The molecule has 0 bridgehead atoms. The number of hydrogen-bond donors (Lipinski definition) is 1. The van der Waals surface area contributed by atoms with Crippen LogP contribution in [-0.4, -0.2) is 40.6 Å². The van der Waals surface area contributed by atoms with Crippen LogP contribution in [0.25, 0.3) is 0 Å². The van der Waals surface area contributed by atoms with Crippen molar-refractivity contribution >= 4 is 34.3 Å². The molecular formula is C24H27N3O5S. The molecule has 0 spiro atoms. The Balaban J connectivity index is 1.90. The van der Waals surface area contributed by atoms with Crippen LogP contribution in [0.5, 0.6) is 0 Å². The number of carbonyl (C=O) groups excluding carboxylic acids is 3. The van der Waals surface area contributed by atoms with Crippen LogP contribution in [0.3, 0.4) is 0 Å². The van der Waals surface area contributed by atoms with Gasteiger partial charge in [-0.3, -0.25) is 14.9 Å². The number of ether oxygens (including phenoxy) is 2. The molecule has 0 atom stereocenters. The number of carbonyl (C=O) groups is 3. The summed E-state index contributed by atoms with van der Waals surface area (Å²) in [5.41, 5.74) is 3.47. The van der Waals surface area contributed by atoms with E-state index in [9.17, 15) is 14.4 Å². The van der Waals surface area contributed by atoms with Gasteiger partial charge in [0.1, 0.15) is 5.69 Å². The Bertz CT molecular complexity index is 1150. The third kappa shape index (κ3) is 5.67. The maximum absolute atomic E-state index is 13.2. The summed E-state index contributed by atoms with van der Waals surface area (Å²) < 4.78 is 12.0. The third-order valence-electron chi connectivity index (χ3n) is 5.05. The second-order valence-corrected chi connectivity index (χ2v) is 8.16. The van der Waals surface area contributed by atoms with E-state index in [2.05, 4.69) is 10.3 Å². The van der Waals surface area contributed by atoms with Gasteiger partial charge >= 0.3 is 11.9 Å². The van der Waals surface area contributed by atoms with Gasteiger partial charge < -0.3 is 14.0 Å². The van der Waals surface area contributed by atoms with E-state index in [0.717, 1.165) is 5.56 Å². The molecule has 3 aromatic rings. The number of nitrogens with one attached hydrogen (secondary N) is 1. The SMILES string of the molecule is CCOC(=O)Cc1csc(NC(=O)c2c(C)c(C(=O)OCC)n(Cc3ccccc3)c2C)n1. The van der Waals surface area contributed by atoms with E-state index < -0.39 is 5.97 Å². The van der Waals surface area contributed by atoms with Gasteiger partial charge in [-0.2, -0.15) is 0 Å². The molecule has 0 aliphatic carbocycles. The predicted octanol–water partition coefficient (Wildman–Crippen LogP) is 4.14. The summed E-state index contributed by atoms with van der Waals surface area (Å²) in [5, 5.41) is 4.86. The molecule has 0 radical (unpaired) electrons. The van der Waals surface area contributed by atoms with Gasteiger partial charge in [-0.25, -0.2) is 9.78 Å². The van der Waals surface area contributed by atoms with Crippen LogP contribution in [0.1, 0.15) is 57.2 Å². The van der Waals surface area contributed by atoms with Crippen LogP contribution in [0, 0.1) is 13.8 Å². The highest BCUT2D eigenvalue weighted by Gasteiger charge is 2.27. The first-order valence-corrected chi connectivity index (χ1v) is 11.6. The molecule has 8 nitrogen and oxygen atoms in total. The Morgan fingerprint density at radius 3 is 2.42 bits per heavy atom. The van der Waals surface area contributed by atoms with Crippen molar-refractivity contribution in [2.24, 2.45) is 0 Å². The largest absolute Gasteiger partial charge is 0.466 e. The molecule has 9 heteroatoms. The molecule has 0 aliphatic heterocycles. The lowest BCUT2D eigenvalue weighted by Crippen LogP contribution is -2.15. The molecule has 174 valence electrons. The fraction of sp³-hybridized carbons (Fsp3) is 0.333. The van der Waals surface area contributed by atoms with Crippen LogP contribution in [0.15, 0.2) is 35.7 Å². The molecule has 2 heterocycles. The molecule has 0 saturated carbocycles. The lowest BCUT2D eigenvalue weighted by molar-refractivity contribution is -0.142. The van der Waals surface area contributed by atoms with E-state index in [1.54, 1.807) is 26.2 Å². The number of nitrogens with zero attached hydrogens (tertiary/aromatic N) is 2. The fourth-order valence-corrected chi connectivity index (χ4v) is 4.33. The number of rotatable bonds is 9. The number of esters is 2. The molecule has 1 N–H and O–H groups in total. The summed E-state index contributed by atoms with van der Waals surface area (Å²) >= 11 is 1.22. The van der Waals surface area contributed by atoms with Crippen LogP contribution in [0.2, 0.25) is 0 Å². The summed E-state index contributed by atoms with van der Waals surface area (Å²) in [7, 11) is 0. The van der Waals surface area contributed by atoms with E-state index in [1.165, 1.54) is 11.3 Å². The summed E-state index contributed by atoms with van der Waals surface area (Å²) in [4.78, 5) is 41.9. The van der Waals surface area contributed by atoms with Crippen molar-refractivity contribution in [1.82, 2.24) is 9.55 Å². The zero-order valence-corrected chi connectivity index (χ0v) is 20.0. The Kier molecular flexibility index (Phi) is 8.00. The van der Waals surface area contributed by atoms with E-state index in [1.807, 2.05) is 41.8 Å². The van der Waals surface area contributed by atoms with Crippen molar-refractivity contribution < 1.29 is 23.9 Å². The zero-order valence-electron chi connectivity index (χ0n) is 19.1. The van der Waals surface area contributed by atoms with Crippen molar-refractivity contribution in [2.75, 3.05) is 18.5 Å². The average molecular weight is 470 g/mol. The highest BCUT2D eigenvalue weighted by Crippen LogP contribution is 2.26. The van der Waals surface area contributed by atoms with Gasteiger partial charge in [0.25, 0.3) is 5.91 Å². The predicted molar refractivity (Wildman–Crippen MR) is 126 cm³/mol. The van der Waals surface area contributed by atoms with Gasteiger partial charge in [0.15, 0.2) is 5.13 Å². The molecule has 1 amide bonds. The summed E-state index contributed by atoms with van der Waals surface area (Å²) in [6.07, 6.45) is 0.0404. The summed E-state index contributed by atoms with van der Waals surface area (Å²) in [5.74, 6) is -1.22. The second-order valence-electron chi connectivity index (χ2n) is 7.31. The lowest BCUT2D eigenvalue weighted by atomic mass is 10.1. The van der Waals surface area contributed by atoms with Crippen LogP contribution >= 0.6 is 11.3 Å². The zero-order chi connectivity index (χ0) is 24.0. The smallest absolute Gasteiger partial charge is 0.355 e. The van der Waals surface area contributed by atoms with Crippen molar-refractivity contribution in [2.45, 2.75) is 40.7 Å². The minimum atomic E-state index is -0.473. The number of hydrogen-bond acceptors (Lipinski definition) is 7. The lowest BCUT2D eigenvalue weighted by Gasteiger charge is -2.12. The normalized spacial score (nSPS) is 10.7. The summed E-state index contributed by atoms with van der Waals surface area (Å²) in [6, 6.07) is 9.70. The van der Waals surface area contributed by atoms with E-state index >= 15 is 0 Å². The highest BCUT2D eigenvalue weighted by atomic mass is 32.1.